The molecule has 0 bridgehead atoms. The molecule has 0 atom stereocenters. The molecular weight excluding hydrogens is 308 g/mol. The average molecular weight is 320 g/mol. The highest BCUT2D eigenvalue weighted by Gasteiger charge is 2.22. The molecule has 0 aliphatic carbocycles. The summed E-state index contributed by atoms with van der Waals surface area (Å²) in [5, 5.41) is 20.7. The average Bonchev–Trinajstić information content (AvgIpc) is 2.69. The molecule has 3 nitrogen and oxygen atoms in total. The van der Waals surface area contributed by atoms with Crippen LogP contribution in [-0.4, -0.2) is 0 Å². The van der Waals surface area contributed by atoms with Gasteiger partial charge in [-0.15, -0.1) is 0 Å². The SMILES string of the molecule is N#CC(C#N)=C1C=C(c2ccccc2)Oc2c1ccc1ccccc21. The van der Waals surface area contributed by atoms with Crippen molar-refractivity contribution < 1.29 is 4.74 Å². The highest BCUT2D eigenvalue weighted by Crippen LogP contribution is 2.42. The van der Waals surface area contributed by atoms with E-state index < -0.39 is 0 Å². The van der Waals surface area contributed by atoms with Crippen LogP contribution in [0, 0.1) is 22.7 Å². The number of allylic oxidation sites excluding steroid dienone is 3. The summed E-state index contributed by atoms with van der Waals surface area (Å²) < 4.78 is 6.21. The van der Waals surface area contributed by atoms with Crippen molar-refractivity contribution in [1.29, 1.82) is 10.5 Å². The monoisotopic (exact) mass is 320 g/mol. The highest BCUT2D eigenvalue weighted by molar-refractivity contribution is 6.00. The zero-order valence-electron chi connectivity index (χ0n) is 13.2. The molecule has 3 aromatic carbocycles. The molecule has 1 heterocycles. The molecule has 0 saturated heterocycles. The fourth-order valence-corrected chi connectivity index (χ4v) is 3.01. The van der Waals surface area contributed by atoms with E-state index in [1.165, 1.54) is 0 Å². The van der Waals surface area contributed by atoms with Crippen molar-refractivity contribution in [2.45, 2.75) is 0 Å². The molecule has 0 saturated carbocycles. The molecule has 1 aliphatic rings. The van der Waals surface area contributed by atoms with E-state index in [0.717, 1.165) is 21.9 Å². The molecule has 3 aromatic rings. The number of nitriles is 2. The van der Waals surface area contributed by atoms with Gasteiger partial charge in [0.1, 0.15) is 29.2 Å². The van der Waals surface area contributed by atoms with Crippen LogP contribution in [0.15, 0.2) is 78.4 Å². The van der Waals surface area contributed by atoms with Gasteiger partial charge in [0.15, 0.2) is 0 Å². The van der Waals surface area contributed by atoms with Crippen LogP contribution >= 0.6 is 0 Å². The first-order chi connectivity index (χ1) is 12.3. The number of rotatable bonds is 1. The van der Waals surface area contributed by atoms with E-state index >= 15 is 0 Å². The largest absolute Gasteiger partial charge is 0.455 e. The molecule has 0 unspecified atom stereocenters. The molecule has 25 heavy (non-hydrogen) atoms. The molecule has 1 aliphatic heterocycles. The van der Waals surface area contributed by atoms with E-state index in [9.17, 15) is 10.5 Å². The van der Waals surface area contributed by atoms with E-state index in [4.69, 9.17) is 4.74 Å². The van der Waals surface area contributed by atoms with Gasteiger partial charge in [-0.05, 0) is 17.5 Å². The molecule has 4 rings (SSSR count). The van der Waals surface area contributed by atoms with Crippen molar-refractivity contribution in [3.8, 4) is 17.9 Å². The second-order valence-corrected chi connectivity index (χ2v) is 5.65. The minimum atomic E-state index is 0.0771. The third-order valence-corrected chi connectivity index (χ3v) is 4.21. The van der Waals surface area contributed by atoms with Gasteiger partial charge in [-0.3, -0.25) is 0 Å². The summed E-state index contributed by atoms with van der Waals surface area (Å²) in [6.07, 6.45) is 1.77. The van der Waals surface area contributed by atoms with Gasteiger partial charge < -0.3 is 4.74 Å². The maximum atomic E-state index is 9.37. The summed E-state index contributed by atoms with van der Waals surface area (Å²) in [4.78, 5) is 0. The predicted octanol–water partition coefficient (Wildman–Crippen LogP) is 5.07. The Morgan fingerprint density at radius 1 is 0.800 bits per heavy atom. The lowest BCUT2D eigenvalue weighted by molar-refractivity contribution is 0.515. The normalized spacial score (nSPS) is 12.4. The third kappa shape index (κ3) is 2.45. The lowest BCUT2D eigenvalue weighted by atomic mass is 9.93. The van der Waals surface area contributed by atoms with Gasteiger partial charge in [0.2, 0.25) is 0 Å². The van der Waals surface area contributed by atoms with Gasteiger partial charge in [-0.1, -0.05) is 60.7 Å². The molecular formula is C22H12N2O. The third-order valence-electron chi connectivity index (χ3n) is 4.21. The second-order valence-electron chi connectivity index (χ2n) is 5.65. The molecule has 0 amide bonds. The van der Waals surface area contributed by atoms with Crippen LogP contribution in [0.5, 0.6) is 5.75 Å². The van der Waals surface area contributed by atoms with Crippen molar-refractivity contribution in [3.05, 3.63) is 89.5 Å². The quantitative estimate of drug-likeness (QED) is 0.588. The van der Waals surface area contributed by atoms with Crippen molar-refractivity contribution >= 4 is 22.1 Å². The molecule has 0 spiro atoms. The first-order valence-corrected chi connectivity index (χ1v) is 7.83. The molecule has 0 radical (unpaired) electrons. The summed E-state index contributed by atoms with van der Waals surface area (Å²) in [6, 6.07) is 25.5. The van der Waals surface area contributed by atoms with E-state index in [1.807, 2.05) is 78.9 Å². The summed E-state index contributed by atoms with van der Waals surface area (Å²) >= 11 is 0. The van der Waals surface area contributed by atoms with Crippen LogP contribution in [0.1, 0.15) is 11.1 Å². The molecule has 116 valence electrons. The Kier molecular flexibility index (Phi) is 3.54. The maximum Gasteiger partial charge on any atom is 0.143 e. The number of benzene rings is 3. The summed E-state index contributed by atoms with van der Waals surface area (Å²) in [5.41, 5.74) is 2.33. The van der Waals surface area contributed by atoms with Crippen LogP contribution in [0.2, 0.25) is 0 Å². The Morgan fingerprint density at radius 2 is 1.52 bits per heavy atom. The Bertz CT molecular complexity index is 1110. The molecule has 0 aromatic heterocycles. The summed E-state index contributed by atoms with van der Waals surface area (Å²) in [6.45, 7) is 0. The van der Waals surface area contributed by atoms with Gasteiger partial charge in [0.25, 0.3) is 0 Å². The van der Waals surface area contributed by atoms with Gasteiger partial charge in [0.05, 0.1) is 0 Å². The van der Waals surface area contributed by atoms with E-state index in [2.05, 4.69) is 0 Å². The number of ether oxygens (including phenoxy) is 1. The number of nitrogens with zero attached hydrogens (tertiary/aromatic N) is 2. The fraction of sp³-hybridized carbons (Fsp3) is 0. The van der Waals surface area contributed by atoms with Crippen LogP contribution in [-0.2, 0) is 0 Å². The van der Waals surface area contributed by atoms with Gasteiger partial charge in [-0.25, -0.2) is 0 Å². The van der Waals surface area contributed by atoms with Crippen LogP contribution in [0.4, 0.5) is 0 Å². The van der Waals surface area contributed by atoms with E-state index in [1.54, 1.807) is 6.08 Å². The lowest BCUT2D eigenvalue weighted by Crippen LogP contribution is -2.05. The van der Waals surface area contributed by atoms with Gasteiger partial charge in [-0.2, -0.15) is 10.5 Å². The standard InChI is InChI=1S/C22H12N2O/c23-13-17(14-24)20-12-21(16-7-2-1-3-8-16)25-22-18-9-5-4-6-15(18)10-11-19(20)22/h1-12H. The molecule has 0 N–H and O–H groups in total. The summed E-state index contributed by atoms with van der Waals surface area (Å²) in [5.74, 6) is 1.31. The van der Waals surface area contributed by atoms with Crippen LogP contribution in [0.25, 0.3) is 22.1 Å². The van der Waals surface area contributed by atoms with Crippen molar-refractivity contribution in [2.75, 3.05) is 0 Å². The number of hydrogen-bond donors (Lipinski definition) is 0. The van der Waals surface area contributed by atoms with Crippen LogP contribution in [0.3, 0.4) is 0 Å². The number of hydrogen-bond acceptors (Lipinski definition) is 3. The van der Waals surface area contributed by atoms with Crippen molar-refractivity contribution in [1.82, 2.24) is 0 Å². The van der Waals surface area contributed by atoms with E-state index in [0.29, 0.717) is 17.1 Å². The van der Waals surface area contributed by atoms with E-state index in [-0.39, 0.29) is 5.57 Å². The smallest absolute Gasteiger partial charge is 0.143 e. The van der Waals surface area contributed by atoms with Gasteiger partial charge >= 0.3 is 0 Å². The lowest BCUT2D eigenvalue weighted by Gasteiger charge is -2.22. The first-order valence-electron chi connectivity index (χ1n) is 7.83. The van der Waals surface area contributed by atoms with Crippen molar-refractivity contribution in [3.63, 3.8) is 0 Å². The van der Waals surface area contributed by atoms with Crippen molar-refractivity contribution in [2.24, 2.45) is 0 Å². The number of fused-ring (bicyclic) bond motifs is 3. The molecule has 3 heteroatoms. The maximum absolute atomic E-state index is 9.37. The predicted molar refractivity (Wildman–Crippen MR) is 97.1 cm³/mol. The van der Waals surface area contributed by atoms with Gasteiger partial charge in [0, 0.05) is 22.1 Å². The first kappa shape index (κ1) is 14.8. The Hall–Kier alpha value is -3.82. The Morgan fingerprint density at radius 3 is 2.28 bits per heavy atom. The fourth-order valence-electron chi connectivity index (χ4n) is 3.01. The minimum absolute atomic E-state index is 0.0771. The molecule has 0 fully saturated rings. The summed E-state index contributed by atoms with van der Waals surface area (Å²) in [7, 11) is 0. The zero-order chi connectivity index (χ0) is 17.2. The Balaban J connectivity index is 2.04. The van der Waals surface area contributed by atoms with Crippen LogP contribution < -0.4 is 4.74 Å². The zero-order valence-corrected chi connectivity index (χ0v) is 13.2. The Labute approximate surface area is 145 Å². The minimum Gasteiger partial charge on any atom is -0.455 e. The second kappa shape index (κ2) is 6.00. The topological polar surface area (TPSA) is 56.8 Å². The highest BCUT2D eigenvalue weighted by atomic mass is 16.5.